The number of hydrogen-bond donors (Lipinski definition) is 1. The van der Waals surface area contributed by atoms with Gasteiger partial charge >= 0.3 is 0 Å². The summed E-state index contributed by atoms with van der Waals surface area (Å²) in [6.07, 6.45) is 2.31. The number of pyridine rings is 1. The Hall–Kier alpha value is -0.840. The number of halogens is 1. The van der Waals surface area contributed by atoms with E-state index in [0.717, 1.165) is 49.1 Å². The minimum Gasteiger partial charge on any atom is -0.355 e. The summed E-state index contributed by atoms with van der Waals surface area (Å²) in [6.45, 7) is 6.01. The van der Waals surface area contributed by atoms with Crippen molar-refractivity contribution in [2.24, 2.45) is 0 Å². The third-order valence-corrected chi connectivity index (χ3v) is 4.18. The summed E-state index contributed by atoms with van der Waals surface area (Å²) in [5.74, 6) is 1.05. The fourth-order valence-electron chi connectivity index (χ4n) is 2.53. The van der Waals surface area contributed by atoms with Crippen LogP contribution in [0.2, 0.25) is 5.02 Å². The molecule has 1 aromatic rings. The van der Waals surface area contributed by atoms with Gasteiger partial charge in [0.25, 0.3) is 0 Å². The number of aromatic nitrogens is 1. The lowest BCUT2D eigenvalue weighted by atomic mass is 10.2. The Kier molecular flexibility index (Phi) is 5.64. The van der Waals surface area contributed by atoms with Crippen LogP contribution in [0.1, 0.15) is 25.5 Å². The van der Waals surface area contributed by atoms with E-state index in [9.17, 15) is 0 Å². The van der Waals surface area contributed by atoms with E-state index in [2.05, 4.69) is 36.1 Å². The molecular formula is C15H25ClN4. The highest BCUT2D eigenvalue weighted by molar-refractivity contribution is 6.31. The average Bonchev–Trinajstić information content (AvgIpc) is 2.91. The number of anilines is 1. The van der Waals surface area contributed by atoms with Gasteiger partial charge in [-0.15, -0.1) is 0 Å². The molecule has 0 aromatic carbocycles. The maximum atomic E-state index is 6.23. The zero-order chi connectivity index (χ0) is 14.5. The first kappa shape index (κ1) is 15.5. The van der Waals surface area contributed by atoms with Crippen LogP contribution in [0, 0.1) is 0 Å². The zero-order valence-corrected chi connectivity index (χ0v) is 13.5. The van der Waals surface area contributed by atoms with Crippen LogP contribution >= 0.6 is 11.6 Å². The molecule has 0 saturated carbocycles. The van der Waals surface area contributed by atoms with E-state index in [1.54, 1.807) is 0 Å². The molecule has 0 aliphatic carbocycles. The predicted molar refractivity (Wildman–Crippen MR) is 85.5 cm³/mol. The lowest BCUT2D eigenvalue weighted by Crippen LogP contribution is -2.31. The molecule has 0 radical (unpaired) electrons. The summed E-state index contributed by atoms with van der Waals surface area (Å²) < 4.78 is 0. The van der Waals surface area contributed by atoms with Gasteiger partial charge < -0.3 is 15.1 Å². The Bertz CT molecular complexity index is 436. The molecule has 2 heterocycles. The first-order chi connectivity index (χ1) is 9.61. The molecule has 1 saturated heterocycles. The Labute approximate surface area is 127 Å². The van der Waals surface area contributed by atoms with Crippen molar-refractivity contribution in [1.29, 1.82) is 0 Å². The minimum atomic E-state index is 0.620. The third kappa shape index (κ3) is 3.84. The molecule has 0 bridgehead atoms. The average molecular weight is 297 g/mol. The van der Waals surface area contributed by atoms with Crippen LogP contribution in [0.15, 0.2) is 12.1 Å². The molecule has 5 heteroatoms. The molecular weight excluding hydrogens is 272 g/mol. The van der Waals surface area contributed by atoms with Gasteiger partial charge in [-0.2, -0.15) is 0 Å². The normalized spacial score (nSPS) is 19.1. The highest BCUT2D eigenvalue weighted by atomic mass is 35.5. The van der Waals surface area contributed by atoms with Gasteiger partial charge in [-0.05, 0) is 45.6 Å². The Morgan fingerprint density at radius 1 is 1.45 bits per heavy atom. The van der Waals surface area contributed by atoms with Crippen molar-refractivity contribution in [3.05, 3.63) is 22.8 Å². The van der Waals surface area contributed by atoms with Crippen LogP contribution in [0.3, 0.4) is 0 Å². The van der Waals surface area contributed by atoms with Crippen LogP contribution in [0.25, 0.3) is 0 Å². The largest absolute Gasteiger partial charge is 0.355 e. The molecule has 1 aliphatic rings. The van der Waals surface area contributed by atoms with Gasteiger partial charge in [-0.25, -0.2) is 4.98 Å². The number of rotatable bonds is 6. The molecule has 112 valence electrons. The number of nitrogens with zero attached hydrogens (tertiary/aromatic N) is 3. The lowest BCUT2D eigenvalue weighted by molar-refractivity contribution is 0.315. The quantitative estimate of drug-likeness (QED) is 0.817. The highest BCUT2D eigenvalue weighted by Crippen LogP contribution is 2.23. The Morgan fingerprint density at radius 3 is 2.90 bits per heavy atom. The second kappa shape index (κ2) is 7.25. The smallest absolute Gasteiger partial charge is 0.129 e. The highest BCUT2D eigenvalue weighted by Gasteiger charge is 2.25. The van der Waals surface area contributed by atoms with Gasteiger partial charge in [0.1, 0.15) is 5.82 Å². The second-order valence-electron chi connectivity index (χ2n) is 5.63. The summed E-state index contributed by atoms with van der Waals surface area (Å²) >= 11 is 6.23. The van der Waals surface area contributed by atoms with E-state index in [1.165, 1.54) is 6.42 Å². The maximum absolute atomic E-state index is 6.23. The second-order valence-corrected chi connectivity index (χ2v) is 6.03. The predicted octanol–water partition coefficient (Wildman–Crippen LogP) is 2.37. The van der Waals surface area contributed by atoms with Crippen molar-refractivity contribution in [3.63, 3.8) is 0 Å². The molecule has 2 rings (SSSR count). The summed E-state index contributed by atoms with van der Waals surface area (Å²) in [4.78, 5) is 9.38. The standard InChI is InChI=1S/C15H25ClN4/c1-4-8-17-10-14-13(16)5-6-15(18-14)20-9-7-12(11-20)19(2)3/h5-6,12,17H,4,7-11H2,1-3H3. The van der Waals surface area contributed by atoms with Crippen LogP contribution in [-0.2, 0) is 6.54 Å². The number of hydrogen-bond acceptors (Lipinski definition) is 4. The van der Waals surface area contributed by atoms with Crippen molar-refractivity contribution < 1.29 is 0 Å². The topological polar surface area (TPSA) is 31.4 Å². The van der Waals surface area contributed by atoms with Crippen molar-refractivity contribution in [2.45, 2.75) is 32.4 Å². The first-order valence-corrected chi connectivity index (χ1v) is 7.77. The first-order valence-electron chi connectivity index (χ1n) is 7.39. The van der Waals surface area contributed by atoms with E-state index < -0.39 is 0 Å². The molecule has 1 atom stereocenters. The molecule has 4 nitrogen and oxygen atoms in total. The van der Waals surface area contributed by atoms with Crippen molar-refractivity contribution in [2.75, 3.05) is 38.6 Å². The van der Waals surface area contributed by atoms with E-state index in [4.69, 9.17) is 16.6 Å². The number of likely N-dealkylation sites (N-methyl/N-ethyl adjacent to an activating group) is 1. The molecule has 1 aromatic heterocycles. The van der Waals surface area contributed by atoms with E-state index in [1.807, 2.05) is 12.1 Å². The van der Waals surface area contributed by atoms with Crippen molar-refractivity contribution >= 4 is 17.4 Å². The van der Waals surface area contributed by atoms with E-state index in [-0.39, 0.29) is 0 Å². The summed E-state index contributed by atoms with van der Waals surface area (Å²) in [5.41, 5.74) is 0.950. The van der Waals surface area contributed by atoms with E-state index in [0.29, 0.717) is 6.04 Å². The Balaban J connectivity index is 2.03. The minimum absolute atomic E-state index is 0.620. The summed E-state index contributed by atoms with van der Waals surface area (Å²) in [7, 11) is 4.28. The molecule has 1 unspecified atom stereocenters. The van der Waals surface area contributed by atoms with Gasteiger partial charge in [0.2, 0.25) is 0 Å². The van der Waals surface area contributed by atoms with Gasteiger partial charge in [0, 0.05) is 25.7 Å². The summed E-state index contributed by atoms with van der Waals surface area (Å²) in [6, 6.07) is 4.62. The van der Waals surface area contributed by atoms with Crippen LogP contribution in [-0.4, -0.2) is 49.7 Å². The lowest BCUT2D eigenvalue weighted by Gasteiger charge is -2.21. The summed E-state index contributed by atoms with van der Waals surface area (Å²) in [5, 5.41) is 4.11. The van der Waals surface area contributed by atoms with Crippen LogP contribution in [0.5, 0.6) is 0 Å². The van der Waals surface area contributed by atoms with Crippen LogP contribution in [0.4, 0.5) is 5.82 Å². The fourth-order valence-corrected chi connectivity index (χ4v) is 2.70. The molecule has 1 N–H and O–H groups in total. The maximum Gasteiger partial charge on any atom is 0.129 e. The molecule has 1 aliphatic heterocycles. The zero-order valence-electron chi connectivity index (χ0n) is 12.7. The SMILES string of the molecule is CCCNCc1nc(N2CCC(N(C)C)C2)ccc1Cl. The molecule has 0 spiro atoms. The molecule has 1 fully saturated rings. The van der Waals surface area contributed by atoms with Crippen LogP contribution < -0.4 is 10.2 Å². The monoisotopic (exact) mass is 296 g/mol. The van der Waals surface area contributed by atoms with E-state index >= 15 is 0 Å². The Morgan fingerprint density at radius 2 is 2.25 bits per heavy atom. The van der Waals surface area contributed by atoms with Gasteiger partial charge in [-0.1, -0.05) is 18.5 Å². The van der Waals surface area contributed by atoms with Crippen molar-refractivity contribution in [1.82, 2.24) is 15.2 Å². The van der Waals surface area contributed by atoms with Crippen molar-refractivity contribution in [3.8, 4) is 0 Å². The number of nitrogens with one attached hydrogen (secondary N) is 1. The third-order valence-electron chi connectivity index (χ3n) is 3.84. The van der Waals surface area contributed by atoms with Gasteiger partial charge in [0.15, 0.2) is 0 Å². The molecule has 0 amide bonds. The fraction of sp³-hybridized carbons (Fsp3) is 0.667. The molecule has 20 heavy (non-hydrogen) atoms. The van der Waals surface area contributed by atoms with Gasteiger partial charge in [0.05, 0.1) is 10.7 Å². The van der Waals surface area contributed by atoms with Gasteiger partial charge in [-0.3, -0.25) is 0 Å².